The van der Waals surface area contributed by atoms with Gasteiger partial charge in [0.05, 0.1) is 33.0 Å². The van der Waals surface area contributed by atoms with Gasteiger partial charge in [0.25, 0.3) is 0 Å². The first kappa shape index (κ1) is 46.9. The van der Waals surface area contributed by atoms with Crippen LogP contribution in [0.2, 0.25) is 0 Å². The number of aromatic nitrogens is 8. The van der Waals surface area contributed by atoms with Crippen LogP contribution < -0.4 is 25.3 Å². The molecule has 7 N–H and O–H groups in total. The molecule has 6 atom stereocenters. The Morgan fingerprint density at radius 2 is 1.15 bits per heavy atom. The second kappa shape index (κ2) is 18.2. The number of nitrogens with zero attached hydrogens (tertiary/aromatic N) is 8. The molecular weight excluding hydrogens is 875 g/mol. The van der Waals surface area contributed by atoms with Crippen LogP contribution in [0, 0.1) is 0 Å². The minimum atomic E-state index is -2.42. The van der Waals surface area contributed by atoms with E-state index in [2.05, 4.69) is 25.3 Å². The van der Waals surface area contributed by atoms with E-state index in [0.717, 1.165) is 16.7 Å². The zero-order chi connectivity index (χ0) is 47.8. The molecule has 21 heteroatoms. The van der Waals surface area contributed by atoms with Gasteiger partial charge in [0.15, 0.2) is 34.8 Å². The van der Waals surface area contributed by atoms with E-state index in [9.17, 15) is 19.7 Å². The number of hydrogen-bond acceptors (Lipinski definition) is 17. The number of benzene rings is 3. The quantitative estimate of drug-likeness (QED) is 0.0776. The van der Waals surface area contributed by atoms with Gasteiger partial charge in [-0.25, -0.2) is 18.7 Å². The smallest absolute Gasteiger partial charge is 0.247 e. The molecule has 0 amide bonds. The highest BCUT2D eigenvalue weighted by Gasteiger charge is 2.56. The summed E-state index contributed by atoms with van der Waals surface area (Å²) >= 11 is 0. The van der Waals surface area contributed by atoms with E-state index in [1.165, 1.54) is 35.6 Å². The molecule has 2 aliphatic heterocycles. The van der Waals surface area contributed by atoms with E-state index in [-0.39, 0.29) is 41.4 Å². The van der Waals surface area contributed by atoms with Crippen molar-refractivity contribution >= 4 is 34.2 Å². The molecule has 354 valence electrons. The highest BCUT2D eigenvalue weighted by Crippen LogP contribution is 2.48. The fraction of sp³-hybridized carbons (Fsp3) is 0.391. The molecule has 0 bridgehead atoms. The van der Waals surface area contributed by atoms with E-state index in [4.69, 9.17) is 44.5 Å². The second-order valence-electron chi connectivity index (χ2n) is 16.7. The summed E-state index contributed by atoms with van der Waals surface area (Å²) < 4.78 is 59.8. The van der Waals surface area contributed by atoms with Crippen molar-refractivity contribution in [1.82, 2.24) is 39.0 Å². The Hall–Kier alpha value is -6.62. The molecular formula is C46H52F2N10O9. The first-order chi connectivity index (χ1) is 32.0. The molecule has 0 radical (unpaired) electrons. The maximum Gasteiger partial charge on any atom is 0.247 e. The minimum Gasteiger partial charge on any atom is -0.497 e. The highest BCUT2D eigenvalue weighted by atomic mass is 19.2. The van der Waals surface area contributed by atoms with Crippen molar-refractivity contribution in [2.24, 2.45) is 0 Å². The van der Waals surface area contributed by atoms with E-state index < -0.39 is 60.5 Å². The van der Waals surface area contributed by atoms with Crippen LogP contribution in [-0.2, 0) is 15.0 Å². The van der Waals surface area contributed by atoms with Crippen molar-refractivity contribution in [3.8, 4) is 17.5 Å². The number of nitrogens with two attached hydrogens (primary N) is 1. The number of anilines is 2. The normalized spacial score (nSPS) is 24.9. The van der Waals surface area contributed by atoms with Crippen molar-refractivity contribution in [3.05, 3.63) is 114 Å². The van der Waals surface area contributed by atoms with Crippen molar-refractivity contribution in [2.45, 2.75) is 81.4 Å². The number of aliphatic hydroxyl groups is 4. The van der Waals surface area contributed by atoms with Gasteiger partial charge >= 0.3 is 0 Å². The first-order valence-corrected chi connectivity index (χ1v) is 21.5. The number of ether oxygens (including phenoxy) is 5. The lowest BCUT2D eigenvalue weighted by Gasteiger charge is -2.37. The topological polar surface area (TPSA) is 252 Å². The van der Waals surface area contributed by atoms with E-state index in [1.54, 1.807) is 14.0 Å². The molecule has 4 aromatic heterocycles. The van der Waals surface area contributed by atoms with Crippen LogP contribution in [0.4, 0.5) is 20.7 Å². The monoisotopic (exact) mass is 926 g/mol. The number of fused-ring (bicyclic) bond motifs is 2. The third-order valence-electron chi connectivity index (χ3n) is 11.5. The molecule has 67 heavy (non-hydrogen) atoms. The van der Waals surface area contributed by atoms with Crippen LogP contribution in [0.3, 0.4) is 0 Å². The molecule has 0 aliphatic carbocycles. The molecule has 2 aliphatic rings. The summed E-state index contributed by atoms with van der Waals surface area (Å²) in [5.41, 5.74) is 5.28. The fourth-order valence-electron chi connectivity index (χ4n) is 8.65. The van der Waals surface area contributed by atoms with Crippen LogP contribution in [-0.4, -0.2) is 116 Å². The van der Waals surface area contributed by atoms with E-state index >= 15 is 4.39 Å². The third kappa shape index (κ3) is 8.88. The van der Waals surface area contributed by atoms with Gasteiger partial charge in [0.2, 0.25) is 35.4 Å². The SMILES string of the molecule is CCOc1nc(N)nc2c1ncn2[C@@H]1O[C@](F)(CO)C[C@@]1(C)O.CCOc1nc(NC(c2ccccc2)(c2ccccc2)c2ccc(OC)cc2)nc2c1ncn2[C@@H]1O[C@](F)(CO)C[C@@]1(C)O. The van der Waals surface area contributed by atoms with Crippen molar-refractivity contribution in [1.29, 1.82) is 0 Å². The predicted octanol–water partition coefficient (Wildman–Crippen LogP) is 5.10. The molecule has 3 aromatic carbocycles. The molecule has 19 nitrogen and oxygen atoms in total. The number of rotatable bonds is 14. The molecule has 2 saturated heterocycles. The molecule has 2 fully saturated rings. The predicted molar refractivity (Wildman–Crippen MR) is 239 cm³/mol. The Balaban J connectivity index is 0.000000222. The Morgan fingerprint density at radius 3 is 1.58 bits per heavy atom. The lowest BCUT2D eigenvalue weighted by atomic mass is 9.77. The second-order valence-corrected chi connectivity index (χ2v) is 16.7. The molecule has 0 saturated carbocycles. The lowest BCUT2D eigenvalue weighted by molar-refractivity contribution is -0.184. The Morgan fingerprint density at radius 1 is 0.701 bits per heavy atom. The van der Waals surface area contributed by atoms with Gasteiger partial charge < -0.3 is 55.2 Å². The zero-order valence-electron chi connectivity index (χ0n) is 37.4. The minimum absolute atomic E-state index is 0.0472. The average Bonchev–Trinajstić information content (AvgIpc) is 4.06. The van der Waals surface area contributed by atoms with Crippen molar-refractivity contribution < 1.29 is 52.9 Å². The fourth-order valence-corrected chi connectivity index (χ4v) is 8.65. The van der Waals surface area contributed by atoms with Gasteiger partial charge in [-0.15, -0.1) is 0 Å². The Bertz CT molecular complexity index is 2780. The van der Waals surface area contributed by atoms with Gasteiger partial charge in [-0.3, -0.25) is 9.13 Å². The molecule has 6 heterocycles. The largest absolute Gasteiger partial charge is 0.497 e. The number of halogens is 2. The van der Waals surface area contributed by atoms with Crippen LogP contribution in [0.1, 0.15) is 69.7 Å². The lowest BCUT2D eigenvalue weighted by Crippen LogP contribution is -2.39. The number of aliphatic hydroxyl groups excluding tert-OH is 2. The number of hydrogen-bond donors (Lipinski definition) is 6. The first-order valence-electron chi connectivity index (χ1n) is 21.5. The molecule has 0 unspecified atom stereocenters. The van der Waals surface area contributed by atoms with Gasteiger partial charge in [-0.2, -0.15) is 19.9 Å². The summed E-state index contributed by atoms with van der Waals surface area (Å²) in [6.07, 6.45) is -0.440. The average molecular weight is 927 g/mol. The van der Waals surface area contributed by atoms with Gasteiger partial charge in [0.1, 0.15) is 35.7 Å². The number of methoxy groups -OCH3 is 1. The van der Waals surface area contributed by atoms with Crippen molar-refractivity contribution in [2.75, 3.05) is 44.6 Å². The van der Waals surface area contributed by atoms with Gasteiger partial charge in [-0.05, 0) is 56.5 Å². The third-order valence-corrected chi connectivity index (χ3v) is 11.5. The molecule has 0 spiro atoms. The maximum atomic E-state index is 15.2. The number of imidazole rings is 2. The summed E-state index contributed by atoms with van der Waals surface area (Å²) in [6, 6.07) is 27.6. The maximum absolute atomic E-state index is 15.2. The number of nitrogens with one attached hydrogen (secondary N) is 1. The highest BCUT2D eigenvalue weighted by molar-refractivity contribution is 5.79. The molecule has 9 rings (SSSR count). The van der Waals surface area contributed by atoms with Crippen LogP contribution in [0.5, 0.6) is 17.5 Å². The van der Waals surface area contributed by atoms with E-state index in [0.29, 0.717) is 30.0 Å². The summed E-state index contributed by atoms with van der Waals surface area (Å²) in [5.74, 6) is -3.52. The number of nitrogen functional groups attached to an aromatic ring is 1. The van der Waals surface area contributed by atoms with Crippen LogP contribution in [0.15, 0.2) is 97.6 Å². The van der Waals surface area contributed by atoms with Crippen molar-refractivity contribution in [3.63, 3.8) is 0 Å². The van der Waals surface area contributed by atoms with Gasteiger partial charge in [-0.1, -0.05) is 72.8 Å². The Labute approximate surface area is 383 Å². The number of alkyl halides is 2. The zero-order valence-corrected chi connectivity index (χ0v) is 37.4. The summed E-state index contributed by atoms with van der Waals surface area (Å²) in [7, 11) is 1.62. The molecule has 7 aromatic rings. The van der Waals surface area contributed by atoms with Crippen LogP contribution >= 0.6 is 0 Å². The summed E-state index contributed by atoms with van der Waals surface area (Å²) in [6.45, 7) is 5.36. The Kier molecular flexibility index (Phi) is 12.8. The van der Waals surface area contributed by atoms with Gasteiger partial charge in [0, 0.05) is 12.8 Å². The van der Waals surface area contributed by atoms with Crippen LogP contribution in [0.25, 0.3) is 22.3 Å². The standard InChI is InChI=1S/C33H34FN5O5.C13H18FN5O4/c1-4-43-28-26-27(39(21-35-26)29-31(2,41)19-32(34,20-40)44-29)36-30(37-28)38-33(22-11-7-5-8-12-22,23-13-9-6-10-14-23)24-15-17-25(42-3)18-16-24;1-3-22-9-7-8(17-11(15)18-9)19(6-16-7)10-12(2,21)4-13(14,5-20)23-10/h5-18,21,29,40-41H,4,19-20H2,1-3H3,(H,36,37,38);6,10,20-21H,3-5H2,1-2H3,(H2,15,17,18)/t29-,31-,32+;10-,12-,13+/m11/s1. The summed E-state index contributed by atoms with van der Waals surface area (Å²) in [4.78, 5) is 26.2. The van der Waals surface area contributed by atoms with E-state index in [1.807, 2.05) is 91.9 Å². The summed E-state index contributed by atoms with van der Waals surface area (Å²) in [5, 5.41) is 44.0.